The van der Waals surface area contributed by atoms with Gasteiger partial charge in [0.1, 0.15) is 17.3 Å². The summed E-state index contributed by atoms with van der Waals surface area (Å²) in [6, 6.07) is 15.7. The molecule has 0 aliphatic carbocycles. The molecule has 126 valence electrons. The molecule has 3 rings (SSSR count). The fourth-order valence-electron chi connectivity index (χ4n) is 2.69. The van der Waals surface area contributed by atoms with Gasteiger partial charge in [-0.15, -0.1) is 0 Å². The van der Waals surface area contributed by atoms with Crippen LogP contribution in [-0.2, 0) is 6.61 Å². The Morgan fingerprint density at radius 2 is 1.71 bits per heavy atom. The summed E-state index contributed by atoms with van der Waals surface area (Å²) in [5, 5.41) is 0.732. The minimum atomic E-state index is 0.500. The second-order valence-electron chi connectivity index (χ2n) is 6.01. The standard InChI is InChI=1S/C19H21ClN2OS/c1-21-10-12-22(13-11-21)19(24)17-4-2-3-5-18(17)23-14-15-6-8-16(20)9-7-15/h2-9H,10-14H2,1H3. The van der Waals surface area contributed by atoms with Gasteiger partial charge in [0.2, 0.25) is 0 Å². The minimum Gasteiger partial charge on any atom is -0.488 e. The first kappa shape index (κ1) is 17.2. The van der Waals surface area contributed by atoms with E-state index in [4.69, 9.17) is 28.6 Å². The number of hydrogen-bond donors (Lipinski definition) is 0. The zero-order valence-corrected chi connectivity index (χ0v) is 15.3. The van der Waals surface area contributed by atoms with E-state index in [1.54, 1.807) is 0 Å². The molecule has 0 spiro atoms. The lowest BCUT2D eigenvalue weighted by atomic mass is 10.1. The highest BCUT2D eigenvalue weighted by Gasteiger charge is 2.19. The minimum absolute atomic E-state index is 0.500. The van der Waals surface area contributed by atoms with E-state index >= 15 is 0 Å². The van der Waals surface area contributed by atoms with Crippen LogP contribution in [0.3, 0.4) is 0 Å². The number of halogens is 1. The van der Waals surface area contributed by atoms with Crippen LogP contribution in [0.2, 0.25) is 5.02 Å². The number of nitrogens with zero attached hydrogens (tertiary/aromatic N) is 2. The van der Waals surface area contributed by atoms with E-state index in [0.717, 1.165) is 53.1 Å². The third-order valence-corrected chi connectivity index (χ3v) is 4.95. The Morgan fingerprint density at radius 3 is 2.42 bits per heavy atom. The SMILES string of the molecule is CN1CCN(C(=S)c2ccccc2OCc2ccc(Cl)cc2)CC1. The molecule has 0 bridgehead atoms. The Balaban J connectivity index is 1.70. The zero-order valence-electron chi connectivity index (χ0n) is 13.7. The van der Waals surface area contributed by atoms with Crippen LogP contribution in [0.15, 0.2) is 48.5 Å². The summed E-state index contributed by atoms with van der Waals surface area (Å²) in [7, 11) is 2.14. The van der Waals surface area contributed by atoms with Gasteiger partial charge in [0.25, 0.3) is 0 Å². The fourth-order valence-corrected chi connectivity index (χ4v) is 3.17. The van der Waals surface area contributed by atoms with E-state index in [1.165, 1.54) is 0 Å². The summed E-state index contributed by atoms with van der Waals surface area (Å²) in [6.07, 6.45) is 0. The fraction of sp³-hybridized carbons (Fsp3) is 0.316. The maximum atomic E-state index is 6.03. The van der Waals surface area contributed by atoms with Gasteiger partial charge < -0.3 is 14.5 Å². The summed E-state index contributed by atoms with van der Waals surface area (Å²) in [4.78, 5) is 5.46. The molecule has 1 heterocycles. The van der Waals surface area contributed by atoms with Crippen LogP contribution >= 0.6 is 23.8 Å². The molecule has 5 heteroatoms. The van der Waals surface area contributed by atoms with Crippen molar-refractivity contribution in [1.29, 1.82) is 0 Å². The van der Waals surface area contributed by atoms with Gasteiger partial charge in [-0.2, -0.15) is 0 Å². The van der Waals surface area contributed by atoms with E-state index < -0.39 is 0 Å². The van der Waals surface area contributed by atoms with E-state index in [1.807, 2.05) is 48.5 Å². The van der Waals surface area contributed by atoms with Crippen LogP contribution in [-0.4, -0.2) is 48.0 Å². The number of rotatable bonds is 4. The molecule has 1 fully saturated rings. The van der Waals surface area contributed by atoms with Crippen molar-refractivity contribution in [2.75, 3.05) is 33.2 Å². The molecule has 3 nitrogen and oxygen atoms in total. The summed E-state index contributed by atoms with van der Waals surface area (Å²) in [5.74, 6) is 0.830. The summed E-state index contributed by atoms with van der Waals surface area (Å²) >= 11 is 11.6. The summed E-state index contributed by atoms with van der Waals surface area (Å²) in [5.41, 5.74) is 2.07. The van der Waals surface area contributed by atoms with Gasteiger partial charge in [-0.05, 0) is 36.9 Å². The molecule has 0 saturated carbocycles. The molecule has 0 N–H and O–H groups in total. The molecule has 0 unspecified atom stereocenters. The van der Waals surface area contributed by atoms with Crippen molar-refractivity contribution in [1.82, 2.24) is 9.80 Å². The predicted molar refractivity (Wildman–Crippen MR) is 103 cm³/mol. The maximum absolute atomic E-state index is 6.03. The second-order valence-corrected chi connectivity index (χ2v) is 6.83. The summed E-state index contributed by atoms with van der Waals surface area (Å²) < 4.78 is 6.03. The van der Waals surface area contributed by atoms with Gasteiger partial charge in [-0.1, -0.05) is 48.1 Å². The Morgan fingerprint density at radius 1 is 1.04 bits per heavy atom. The maximum Gasteiger partial charge on any atom is 0.130 e. The molecule has 0 atom stereocenters. The van der Waals surface area contributed by atoms with E-state index in [2.05, 4.69) is 16.8 Å². The number of para-hydroxylation sites is 1. The topological polar surface area (TPSA) is 15.7 Å². The predicted octanol–water partition coefficient (Wildman–Crippen LogP) is 3.84. The van der Waals surface area contributed by atoms with Gasteiger partial charge >= 0.3 is 0 Å². The Kier molecular flexibility index (Phi) is 5.72. The molecule has 1 saturated heterocycles. The third kappa shape index (κ3) is 4.26. The Bertz CT molecular complexity index is 697. The lowest BCUT2D eigenvalue weighted by Gasteiger charge is -2.34. The first-order valence-electron chi connectivity index (χ1n) is 8.07. The second kappa shape index (κ2) is 7.97. The lowest BCUT2D eigenvalue weighted by Crippen LogP contribution is -2.46. The van der Waals surface area contributed by atoms with Gasteiger partial charge in [0.15, 0.2) is 0 Å². The lowest BCUT2D eigenvalue weighted by molar-refractivity contribution is 0.217. The van der Waals surface area contributed by atoms with Crippen molar-refractivity contribution < 1.29 is 4.74 Å². The van der Waals surface area contributed by atoms with Crippen molar-refractivity contribution in [3.63, 3.8) is 0 Å². The quantitative estimate of drug-likeness (QED) is 0.769. The van der Waals surface area contributed by atoms with Crippen LogP contribution in [0.4, 0.5) is 0 Å². The molecule has 0 amide bonds. The largest absolute Gasteiger partial charge is 0.488 e. The highest BCUT2D eigenvalue weighted by molar-refractivity contribution is 7.80. The average molecular weight is 361 g/mol. The van der Waals surface area contributed by atoms with E-state index in [-0.39, 0.29) is 0 Å². The van der Waals surface area contributed by atoms with Crippen LogP contribution in [0.5, 0.6) is 5.75 Å². The van der Waals surface area contributed by atoms with Crippen molar-refractivity contribution in [3.05, 3.63) is 64.7 Å². The van der Waals surface area contributed by atoms with E-state index in [9.17, 15) is 0 Å². The summed E-state index contributed by atoms with van der Waals surface area (Å²) in [6.45, 7) is 4.49. The molecule has 2 aromatic rings. The monoisotopic (exact) mass is 360 g/mol. The number of hydrogen-bond acceptors (Lipinski definition) is 3. The Hall–Kier alpha value is -1.62. The highest BCUT2D eigenvalue weighted by Crippen LogP contribution is 2.23. The first-order chi connectivity index (χ1) is 11.6. The van der Waals surface area contributed by atoms with Crippen molar-refractivity contribution in [3.8, 4) is 5.75 Å². The number of benzene rings is 2. The van der Waals surface area contributed by atoms with Gasteiger partial charge in [0, 0.05) is 31.2 Å². The number of ether oxygens (including phenoxy) is 1. The first-order valence-corrected chi connectivity index (χ1v) is 8.86. The molecule has 24 heavy (non-hydrogen) atoms. The average Bonchev–Trinajstić information content (AvgIpc) is 2.61. The normalized spacial score (nSPS) is 15.3. The van der Waals surface area contributed by atoms with Crippen LogP contribution < -0.4 is 4.74 Å². The number of piperazine rings is 1. The molecule has 1 aliphatic heterocycles. The van der Waals surface area contributed by atoms with Crippen molar-refractivity contribution in [2.45, 2.75) is 6.61 Å². The van der Waals surface area contributed by atoms with Gasteiger partial charge in [-0.3, -0.25) is 0 Å². The van der Waals surface area contributed by atoms with Crippen molar-refractivity contribution in [2.24, 2.45) is 0 Å². The van der Waals surface area contributed by atoms with Crippen LogP contribution in [0.25, 0.3) is 0 Å². The Labute approximate surface area is 153 Å². The smallest absolute Gasteiger partial charge is 0.130 e. The molecule has 1 aliphatic rings. The third-order valence-electron chi connectivity index (χ3n) is 4.22. The van der Waals surface area contributed by atoms with Crippen LogP contribution in [0.1, 0.15) is 11.1 Å². The van der Waals surface area contributed by atoms with Crippen molar-refractivity contribution >= 4 is 28.8 Å². The van der Waals surface area contributed by atoms with Gasteiger partial charge in [0.05, 0.1) is 5.56 Å². The van der Waals surface area contributed by atoms with E-state index in [0.29, 0.717) is 6.61 Å². The zero-order chi connectivity index (χ0) is 16.9. The molecular formula is C19H21ClN2OS. The molecule has 0 aromatic heterocycles. The highest BCUT2D eigenvalue weighted by atomic mass is 35.5. The number of thiocarbonyl (C=S) groups is 1. The van der Waals surface area contributed by atoms with Crippen LogP contribution in [0, 0.1) is 0 Å². The molecule has 2 aromatic carbocycles. The molecule has 0 radical (unpaired) electrons. The molecular weight excluding hydrogens is 340 g/mol. The van der Waals surface area contributed by atoms with Gasteiger partial charge in [-0.25, -0.2) is 0 Å². The number of likely N-dealkylation sites (N-methyl/N-ethyl adjacent to an activating group) is 1.